The second kappa shape index (κ2) is 7.96. The number of piperidine rings is 1. The number of aromatic nitrogens is 1. The van der Waals surface area contributed by atoms with Crippen molar-refractivity contribution in [3.05, 3.63) is 57.5 Å². The van der Waals surface area contributed by atoms with Crippen LogP contribution in [0.5, 0.6) is 11.5 Å². The number of likely N-dealkylation sites (tertiary alicyclic amines) is 1. The van der Waals surface area contributed by atoms with Crippen LogP contribution >= 0.6 is 0 Å². The lowest BCUT2D eigenvalue weighted by Crippen LogP contribution is -2.38. The molecular weight excluding hydrogens is 328 g/mol. The predicted octanol–water partition coefficient (Wildman–Crippen LogP) is 3.47. The number of hydrogen-bond acceptors (Lipinski definition) is 4. The van der Waals surface area contributed by atoms with Crippen molar-refractivity contribution in [2.24, 2.45) is 0 Å². The molecule has 140 valence electrons. The monoisotopic (exact) mass is 356 g/mol. The lowest BCUT2D eigenvalue weighted by Gasteiger charge is -2.35. The number of pyridine rings is 1. The van der Waals surface area contributed by atoms with Gasteiger partial charge in [0, 0.05) is 12.2 Å². The molecule has 3 rings (SSSR count). The standard InChI is InChI=1S/C21H28N2O3/c1-4-23-15(2)13-18(24)19(21(23)25)20(22-11-6-5-7-12-22)16-9-8-10-17(14-16)26-3/h8-10,13-14,20,24H,4-7,11-12H2,1-3H3. The molecule has 1 unspecified atom stereocenters. The number of aryl methyl sites for hydroxylation is 1. The minimum Gasteiger partial charge on any atom is -0.507 e. The Morgan fingerprint density at radius 2 is 1.92 bits per heavy atom. The third-order valence-corrected chi connectivity index (χ3v) is 5.28. The Balaban J connectivity index is 2.19. The molecule has 0 aliphatic carbocycles. The first kappa shape index (κ1) is 18.5. The summed E-state index contributed by atoms with van der Waals surface area (Å²) in [6, 6.07) is 9.25. The number of ether oxygens (including phenoxy) is 1. The molecule has 5 heteroatoms. The van der Waals surface area contributed by atoms with E-state index in [0.717, 1.165) is 42.9 Å². The molecular formula is C21H28N2O3. The summed E-state index contributed by atoms with van der Waals surface area (Å²) in [5, 5.41) is 10.7. The molecule has 1 aromatic carbocycles. The summed E-state index contributed by atoms with van der Waals surface area (Å²) in [7, 11) is 1.64. The molecule has 1 aliphatic rings. The van der Waals surface area contributed by atoms with Gasteiger partial charge in [0.1, 0.15) is 11.5 Å². The van der Waals surface area contributed by atoms with E-state index in [9.17, 15) is 9.90 Å². The molecule has 1 N–H and O–H groups in total. The fraction of sp³-hybridized carbons (Fsp3) is 0.476. The molecule has 1 fully saturated rings. The Kier molecular flexibility index (Phi) is 5.67. The van der Waals surface area contributed by atoms with Gasteiger partial charge in [0.15, 0.2) is 0 Å². The Morgan fingerprint density at radius 3 is 2.58 bits per heavy atom. The molecule has 0 spiro atoms. The molecule has 1 atom stereocenters. The molecule has 1 aliphatic heterocycles. The van der Waals surface area contributed by atoms with Crippen LogP contribution < -0.4 is 10.3 Å². The number of nitrogens with zero attached hydrogens (tertiary/aromatic N) is 2. The fourth-order valence-corrected chi connectivity index (χ4v) is 3.97. The van der Waals surface area contributed by atoms with E-state index in [2.05, 4.69) is 4.90 Å². The molecule has 2 aromatic rings. The van der Waals surface area contributed by atoms with Crippen molar-refractivity contribution in [1.29, 1.82) is 0 Å². The summed E-state index contributed by atoms with van der Waals surface area (Å²) in [5.74, 6) is 0.836. The highest BCUT2D eigenvalue weighted by Gasteiger charge is 2.30. The summed E-state index contributed by atoms with van der Waals surface area (Å²) >= 11 is 0. The summed E-state index contributed by atoms with van der Waals surface area (Å²) in [6.07, 6.45) is 3.42. The zero-order valence-corrected chi connectivity index (χ0v) is 15.9. The maximum atomic E-state index is 13.2. The van der Waals surface area contributed by atoms with E-state index < -0.39 is 0 Å². The van der Waals surface area contributed by atoms with Crippen molar-refractivity contribution in [3.8, 4) is 11.5 Å². The molecule has 26 heavy (non-hydrogen) atoms. The van der Waals surface area contributed by atoms with Gasteiger partial charge in [-0.3, -0.25) is 9.69 Å². The smallest absolute Gasteiger partial charge is 0.259 e. The lowest BCUT2D eigenvalue weighted by atomic mass is 9.94. The minimum absolute atomic E-state index is 0.0793. The van der Waals surface area contributed by atoms with Crippen molar-refractivity contribution in [2.75, 3.05) is 20.2 Å². The van der Waals surface area contributed by atoms with E-state index in [0.29, 0.717) is 12.1 Å². The van der Waals surface area contributed by atoms with Crippen LogP contribution in [0.15, 0.2) is 35.1 Å². The van der Waals surface area contributed by atoms with Crippen molar-refractivity contribution in [2.45, 2.75) is 45.7 Å². The lowest BCUT2D eigenvalue weighted by molar-refractivity contribution is 0.183. The maximum Gasteiger partial charge on any atom is 0.259 e. The van der Waals surface area contributed by atoms with Crippen LogP contribution in [0.2, 0.25) is 0 Å². The van der Waals surface area contributed by atoms with Crippen LogP contribution in [0.1, 0.15) is 49.0 Å². The van der Waals surface area contributed by atoms with Crippen molar-refractivity contribution >= 4 is 0 Å². The number of aromatic hydroxyl groups is 1. The van der Waals surface area contributed by atoms with Gasteiger partial charge >= 0.3 is 0 Å². The van der Waals surface area contributed by atoms with Gasteiger partial charge in [-0.05, 0) is 63.5 Å². The SMILES string of the molecule is CCn1c(C)cc(O)c(C(c2cccc(OC)c2)N2CCCCC2)c1=O. The first-order valence-electron chi connectivity index (χ1n) is 9.38. The third-order valence-electron chi connectivity index (χ3n) is 5.28. The van der Waals surface area contributed by atoms with Gasteiger partial charge in [0.2, 0.25) is 0 Å². The maximum absolute atomic E-state index is 13.2. The van der Waals surface area contributed by atoms with Gasteiger partial charge in [-0.2, -0.15) is 0 Å². The highest BCUT2D eigenvalue weighted by molar-refractivity contribution is 5.43. The van der Waals surface area contributed by atoms with Crippen molar-refractivity contribution in [1.82, 2.24) is 9.47 Å². The van der Waals surface area contributed by atoms with Crippen LogP contribution in [0, 0.1) is 6.92 Å². The van der Waals surface area contributed by atoms with E-state index in [1.165, 1.54) is 6.42 Å². The van der Waals surface area contributed by atoms with Gasteiger partial charge in [-0.15, -0.1) is 0 Å². The average Bonchev–Trinajstić information content (AvgIpc) is 2.66. The van der Waals surface area contributed by atoms with E-state index in [-0.39, 0.29) is 17.4 Å². The Hall–Kier alpha value is -2.27. The van der Waals surface area contributed by atoms with Crippen LogP contribution in [0.3, 0.4) is 0 Å². The second-order valence-electron chi connectivity index (χ2n) is 6.91. The largest absolute Gasteiger partial charge is 0.507 e. The van der Waals surface area contributed by atoms with Crippen LogP contribution in [-0.4, -0.2) is 34.8 Å². The first-order chi connectivity index (χ1) is 12.6. The Bertz CT molecular complexity index is 822. The van der Waals surface area contributed by atoms with Gasteiger partial charge in [-0.1, -0.05) is 18.6 Å². The van der Waals surface area contributed by atoms with Gasteiger partial charge in [-0.25, -0.2) is 0 Å². The molecule has 0 radical (unpaired) electrons. The molecule has 0 amide bonds. The fourth-order valence-electron chi connectivity index (χ4n) is 3.97. The molecule has 0 saturated carbocycles. The number of rotatable bonds is 5. The van der Waals surface area contributed by atoms with Crippen molar-refractivity contribution in [3.63, 3.8) is 0 Å². The second-order valence-corrected chi connectivity index (χ2v) is 6.91. The van der Waals surface area contributed by atoms with Crippen LogP contribution in [0.25, 0.3) is 0 Å². The summed E-state index contributed by atoms with van der Waals surface area (Å²) in [5.41, 5.74) is 2.11. The normalized spacial score (nSPS) is 16.4. The topological polar surface area (TPSA) is 54.7 Å². The number of benzene rings is 1. The molecule has 5 nitrogen and oxygen atoms in total. The minimum atomic E-state index is -0.267. The zero-order chi connectivity index (χ0) is 18.7. The predicted molar refractivity (Wildman–Crippen MR) is 103 cm³/mol. The third kappa shape index (κ3) is 3.49. The van der Waals surface area contributed by atoms with E-state index in [1.807, 2.05) is 38.1 Å². The first-order valence-corrected chi connectivity index (χ1v) is 9.38. The number of hydrogen-bond donors (Lipinski definition) is 1. The van der Waals surface area contributed by atoms with Crippen LogP contribution in [0.4, 0.5) is 0 Å². The van der Waals surface area contributed by atoms with E-state index in [1.54, 1.807) is 17.7 Å². The molecule has 1 saturated heterocycles. The van der Waals surface area contributed by atoms with E-state index >= 15 is 0 Å². The summed E-state index contributed by atoms with van der Waals surface area (Å²) < 4.78 is 7.12. The van der Waals surface area contributed by atoms with Crippen LogP contribution in [-0.2, 0) is 6.54 Å². The molecule has 1 aromatic heterocycles. The number of methoxy groups -OCH3 is 1. The van der Waals surface area contributed by atoms with Gasteiger partial charge < -0.3 is 14.4 Å². The van der Waals surface area contributed by atoms with Gasteiger partial charge in [0.25, 0.3) is 5.56 Å². The highest BCUT2D eigenvalue weighted by Crippen LogP contribution is 2.35. The zero-order valence-electron chi connectivity index (χ0n) is 15.9. The Morgan fingerprint density at radius 1 is 1.19 bits per heavy atom. The van der Waals surface area contributed by atoms with Gasteiger partial charge in [0.05, 0.1) is 18.7 Å². The molecule has 0 bridgehead atoms. The summed E-state index contributed by atoms with van der Waals surface area (Å²) in [6.45, 7) is 6.23. The Labute approximate surface area is 154 Å². The highest BCUT2D eigenvalue weighted by atomic mass is 16.5. The quantitative estimate of drug-likeness (QED) is 0.891. The van der Waals surface area contributed by atoms with Crippen molar-refractivity contribution < 1.29 is 9.84 Å². The summed E-state index contributed by atoms with van der Waals surface area (Å²) in [4.78, 5) is 15.5. The molecule has 2 heterocycles. The van der Waals surface area contributed by atoms with E-state index in [4.69, 9.17) is 4.74 Å². The average molecular weight is 356 g/mol.